The lowest BCUT2D eigenvalue weighted by molar-refractivity contribution is 0.199. The van der Waals surface area contributed by atoms with Crippen molar-refractivity contribution in [3.63, 3.8) is 0 Å². The highest BCUT2D eigenvalue weighted by molar-refractivity contribution is 7.19. The summed E-state index contributed by atoms with van der Waals surface area (Å²) in [5.74, 6) is 0.877. The number of nitrogens with zero attached hydrogens (tertiary/aromatic N) is 3. The monoisotopic (exact) mass is 455 g/mol. The third-order valence-electron chi connectivity index (χ3n) is 5.54. The van der Waals surface area contributed by atoms with E-state index in [1.54, 1.807) is 23.7 Å². The number of hydrogen-bond acceptors (Lipinski definition) is 4. The number of carbonyl (C=O) groups is 1. The molecule has 1 aromatic carbocycles. The highest BCUT2D eigenvalue weighted by atomic mass is 35.5. The molecule has 1 unspecified atom stereocenters. The van der Waals surface area contributed by atoms with Crippen molar-refractivity contribution < 1.29 is 9.53 Å². The average molecular weight is 456 g/mol. The molecule has 3 heterocycles. The third-order valence-corrected chi connectivity index (χ3v) is 6.82. The second-order valence-corrected chi connectivity index (χ2v) is 9.37. The Morgan fingerprint density at radius 2 is 1.84 bits per heavy atom. The Morgan fingerprint density at radius 1 is 1.06 bits per heavy atom. The fourth-order valence-electron chi connectivity index (χ4n) is 3.80. The molecule has 3 aromatic rings. The zero-order chi connectivity index (χ0) is 21.6. The smallest absolute Gasteiger partial charge is 0.324 e. The molecule has 1 fully saturated rings. The Labute approximate surface area is 192 Å². The summed E-state index contributed by atoms with van der Waals surface area (Å²) < 4.78 is 6.68. The highest BCUT2D eigenvalue weighted by Gasteiger charge is 2.32. The van der Waals surface area contributed by atoms with Crippen LogP contribution in [0.3, 0.4) is 0 Å². The maximum atomic E-state index is 12.8. The molecule has 0 saturated carbocycles. The maximum absolute atomic E-state index is 12.8. The van der Waals surface area contributed by atoms with Gasteiger partial charge in [0, 0.05) is 42.1 Å². The van der Waals surface area contributed by atoms with Gasteiger partial charge >= 0.3 is 6.03 Å². The predicted octanol–water partition coefficient (Wildman–Crippen LogP) is 6.34. The van der Waals surface area contributed by atoms with E-state index in [4.69, 9.17) is 16.3 Å². The van der Waals surface area contributed by atoms with Crippen LogP contribution in [0.1, 0.15) is 26.2 Å². The SMILES string of the molecule is CC(CCCCOc1ccc(-c2ccc(Cl)s2)cc1)N1CCN(c2ccncc2)C1=O. The number of unbranched alkanes of at least 4 members (excludes halogenated alkanes) is 1. The van der Waals surface area contributed by atoms with E-state index < -0.39 is 0 Å². The second kappa shape index (κ2) is 10.2. The molecule has 0 N–H and O–H groups in total. The minimum Gasteiger partial charge on any atom is -0.494 e. The van der Waals surface area contributed by atoms with E-state index in [0.717, 1.165) is 58.6 Å². The lowest BCUT2D eigenvalue weighted by Gasteiger charge is -2.25. The molecule has 2 aromatic heterocycles. The summed E-state index contributed by atoms with van der Waals surface area (Å²) in [6.07, 6.45) is 6.39. The zero-order valence-corrected chi connectivity index (χ0v) is 19.1. The van der Waals surface area contributed by atoms with E-state index >= 15 is 0 Å². The van der Waals surface area contributed by atoms with Gasteiger partial charge in [0.25, 0.3) is 0 Å². The molecule has 1 saturated heterocycles. The van der Waals surface area contributed by atoms with Gasteiger partial charge in [0.15, 0.2) is 0 Å². The molecule has 162 valence electrons. The van der Waals surface area contributed by atoms with Gasteiger partial charge in [0.05, 0.1) is 10.9 Å². The summed E-state index contributed by atoms with van der Waals surface area (Å²) >= 11 is 7.59. The van der Waals surface area contributed by atoms with Gasteiger partial charge in [-0.2, -0.15) is 0 Å². The van der Waals surface area contributed by atoms with Crippen LogP contribution in [0.15, 0.2) is 60.9 Å². The summed E-state index contributed by atoms with van der Waals surface area (Å²) in [4.78, 5) is 21.7. The largest absolute Gasteiger partial charge is 0.494 e. The van der Waals surface area contributed by atoms with Crippen LogP contribution in [-0.2, 0) is 0 Å². The summed E-state index contributed by atoms with van der Waals surface area (Å²) in [5.41, 5.74) is 2.06. The first-order valence-corrected chi connectivity index (χ1v) is 11.8. The molecule has 1 aliphatic heterocycles. The van der Waals surface area contributed by atoms with Crippen molar-refractivity contribution in [1.29, 1.82) is 0 Å². The molecule has 0 spiro atoms. The Hall–Kier alpha value is -2.57. The summed E-state index contributed by atoms with van der Waals surface area (Å²) in [5, 5.41) is 0. The Bertz CT molecular complexity index is 994. The quantitative estimate of drug-likeness (QED) is 0.353. The first-order chi connectivity index (χ1) is 15.1. The molecule has 0 bridgehead atoms. The summed E-state index contributed by atoms with van der Waals surface area (Å²) in [6.45, 7) is 4.29. The first-order valence-electron chi connectivity index (χ1n) is 10.6. The molecule has 4 rings (SSSR count). The van der Waals surface area contributed by atoms with Crippen LogP contribution >= 0.6 is 22.9 Å². The van der Waals surface area contributed by atoms with Gasteiger partial charge in [0.2, 0.25) is 0 Å². The van der Waals surface area contributed by atoms with Crippen molar-refractivity contribution in [2.24, 2.45) is 0 Å². The first kappa shape index (κ1) is 21.7. The minimum atomic E-state index is 0.0852. The lowest BCUT2D eigenvalue weighted by Crippen LogP contribution is -2.37. The summed E-state index contributed by atoms with van der Waals surface area (Å²) in [6, 6.07) is 16.1. The molecule has 1 atom stereocenters. The van der Waals surface area contributed by atoms with Gasteiger partial charge in [-0.05, 0) is 80.3 Å². The molecule has 31 heavy (non-hydrogen) atoms. The normalized spacial score (nSPS) is 14.8. The standard InChI is InChI=1S/C24H26ClN3O2S/c1-18(27-15-16-28(24(27)29)20-11-13-26-14-12-20)4-2-3-17-30-21-7-5-19(6-8-21)22-9-10-23(25)31-22/h5-14,18H,2-4,15-17H2,1H3. The molecule has 1 aliphatic rings. The van der Waals surface area contributed by atoms with E-state index in [-0.39, 0.29) is 12.1 Å². The molecule has 7 heteroatoms. The van der Waals surface area contributed by atoms with Crippen LogP contribution in [0, 0.1) is 0 Å². The number of carbonyl (C=O) groups excluding carboxylic acids is 1. The van der Waals surface area contributed by atoms with Crippen LogP contribution in [0.5, 0.6) is 5.75 Å². The molecular weight excluding hydrogens is 430 g/mol. The van der Waals surface area contributed by atoms with Gasteiger partial charge < -0.3 is 9.64 Å². The van der Waals surface area contributed by atoms with E-state index in [1.807, 2.05) is 46.2 Å². The van der Waals surface area contributed by atoms with Gasteiger partial charge in [-0.15, -0.1) is 11.3 Å². The fraction of sp³-hybridized carbons (Fsp3) is 0.333. The Kier molecular flexibility index (Phi) is 7.10. The number of aromatic nitrogens is 1. The van der Waals surface area contributed by atoms with Crippen molar-refractivity contribution in [1.82, 2.24) is 9.88 Å². The van der Waals surface area contributed by atoms with E-state index in [1.165, 1.54) is 0 Å². The van der Waals surface area contributed by atoms with Gasteiger partial charge in [-0.25, -0.2) is 4.79 Å². The third kappa shape index (κ3) is 5.38. The van der Waals surface area contributed by atoms with Crippen molar-refractivity contribution in [2.45, 2.75) is 32.2 Å². The number of anilines is 1. The Morgan fingerprint density at radius 3 is 2.55 bits per heavy atom. The van der Waals surface area contributed by atoms with Crippen molar-refractivity contribution in [3.05, 3.63) is 65.3 Å². The molecular formula is C24H26ClN3O2S. The number of halogens is 1. The number of hydrogen-bond donors (Lipinski definition) is 0. The number of benzene rings is 1. The highest BCUT2D eigenvalue weighted by Crippen LogP contribution is 2.32. The van der Waals surface area contributed by atoms with Gasteiger partial charge in [0.1, 0.15) is 5.75 Å². The lowest BCUT2D eigenvalue weighted by atomic mass is 10.1. The average Bonchev–Trinajstić information content (AvgIpc) is 3.40. The van der Waals surface area contributed by atoms with Crippen LogP contribution < -0.4 is 9.64 Å². The number of rotatable bonds is 9. The van der Waals surface area contributed by atoms with Crippen molar-refractivity contribution >= 4 is 34.7 Å². The predicted molar refractivity (Wildman–Crippen MR) is 127 cm³/mol. The van der Waals surface area contributed by atoms with E-state index in [0.29, 0.717) is 6.61 Å². The fourth-order valence-corrected chi connectivity index (χ4v) is 4.85. The topological polar surface area (TPSA) is 45.7 Å². The van der Waals surface area contributed by atoms with E-state index in [2.05, 4.69) is 24.0 Å². The number of pyridine rings is 1. The molecule has 5 nitrogen and oxygen atoms in total. The second-order valence-electron chi connectivity index (χ2n) is 7.65. The number of amides is 2. The number of ether oxygens (including phenoxy) is 1. The van der Waals surface area contributed by atoms with E-state index in [9.17, 15) is 4.79 Å². The zero-order valence-electron chi connectivity index (χ0n) is 17.5. The minimum absolute atomic E-state index is 0.0852. The number of thiophene rings is 1. The van der Waals surface area contributed by atoms with Gasteiger partial charge in [-0.3, -0.25) is 9.88 Å². The molecule has 0 radical (unpaired) electrons. The van der Waals surface area contributed by atoms with Crippen LogP contribution in [-0.4, -0.2) is 41.7 Å². The molecule has 2 amide bonds. The van der Waals surface area contributed by atoms with Crippen molar-refractivity contribution in [2.75, 3.05) is 24.6 Å². The summed E-state index contributed by atoms with van der Waals surface area (Å²) in [7, 11) is 0. The van der Waals surface area contributed by atoms with Crippen LogP contribution in [0.2, 0.25) is 4.34 Å². The Balaban J connectivity index is 1.18. The molecule has 0 aliphatic carbocycles. The van der Waals surface area contributed by atoms with Crippen LogP contribution in [0.4, 0.5) is 10.5 Å². The maximum Gasteiger partial charge on any atom is 0.324 e. The van der Waals surface area contributed by atoms with Crippen molar-refractivity contribution in [3.8, 4) is 16.2 Å². The van der Waals surface area contributed by atoms with Crippen LogP contribution in [0.25, 0.3) is 10.4 Å². The number of urea groups is 1. The van der Waals surface area contributed by atoms with Gasteiger partial charge in [-0.1, -0.05) is 11.6 Å².